The normalized spacial score (nSPS) is 19.3. The number of aromatic nitrogens is 3. The first-order valence-electron chi connectivity index (χ1n) is 13.9. The number of carbonyl (C=O) groups is 1. The molecule has 0 radical (unpaired) electrons. The predicted molar refractivity (Wildman–Crippen MR) is 148 cm³/mol. The van der Waals surface area contributed by atoms with E-state index in [1.807, 2.05) is 42.6 Å². The number of fused-ring (bicyclic) bond motifs is 1. The number of nitrogens with one attached hydrogen (secondary N) is 2. The van der Waals surface area contributed by atoms with Crippen LogP contribution >= 0.6 is 0 Å². The Balaban J connectivity index is 1.10. The molecule has 4 aromatic rings. The van der Waals surface area contributed by atoms with E-state index in [2.05, 4.69) is 49.7 Å². The van der Waals surface area contributed by atoms with Gasteiger partial charge in [-0.2, -0.15) is 5.10 Å². The second-order valence-corrected chi connectivity index (χ2v) is 11.1. The van der Waals surface area contributed by atoms with Gasteiger partial charge in [-0.25, -0.2) is 0 Å². The highest BCUT2D eigenvalue weighted by atomic mass is 16.5. The number of hydrogen-bond donors (Lipinski definition) is 2. The van der Waals surface area contributed by atoms with E-state index >= 15 is 0 Å². The molecule has 2 saturated heterocycles. The maximum absolute atomic E-state index is 13.5. The van der Waals surface area contributed by atoms with E-state index < -0.39 is 0 Å². The fraction of sp³-hybridized carbons (Fsp3) is 0.387. The number of benzene rings is 2. The summed E-state index contributed by atoms with van der Waals surface area (Å²) in [6, 6.07) is 20.3. The first kappa shape index (κ1) is 23.4. The minimum Gasteiger partial charge on any atom is -0.381 e. The fourth-order valence-corrected chi connectivity index (χ4v) is 6.26. The van der Waals surface area contributed by atoms with Crippen molar-refractivity contribution >= 4 is 22.5 Å². The highest BCUT2D eigenvalue weighted by Crippen LogP contribution is 2.36. The summed E-state index contributed by atoms with van der Waals surface area (Å²) in [5.74, 6) is 1.85. The molecule has 7 nitrogen and oxygen atoms in total. The van der Waals surface area contributed by atoms with Gasteiger partial charge in [0.25, 0.3) is 5.91 Å². The van der Waals surface area contributed by atoms with Crippen LogP contribution in [0.2, 0.25) is 0 Å². The van der Waals surface area contributed by atoms with Crippen molar-refractivity contribution in [1.29, 1.82) is 0 Å². The van der Waals surface area contributed by atoms with Crippen LogP contribution in [0.1, 0.15) is 47.8 Å². The van der Waals surface area contributed by atoms with E-state index in [1.165, 1.54) is 18.5 Å². The number of H-pyrrole nitrogens is 1. The third kappa shape index (κ3) is 4.35. The molecule has 7 heteroatoms. The molecule has 0 spiro atoms. The molecule has 2 aromatic carbocycles. The summed E-state index contributed by atoms with van der Waals surface area (Å²) in [6.45, 7) is 4.07. The molecular weight excluding hydrogens is 474 g/mol. The van der Waals surface area contributed by atoms with Crippen LogP contribution in [0.5, 0.6) is 0 Å². The molecule has 2 aromatic heterocycles. The average molecular weight is 508 g/mol. The van der Waals surface area contributed by atoms with Crippen LogP contribution in [0.15, 0.2) is 66.9 Å². The van der Waals surface area contributed by atoms with Crippen LogP contribution in [0.3, 0.4) is 0 Å². The van der Waals surface area contributed by atoms with Crippen molar-refractivity contribution in [2.24, 2.45) is 17.8 Å². The summed E-state index contributed by atoms with van der Waals surface area (Å²) >= 11 is 0. The number of ether oxygens (including phenoxy) is 1. The van der Waals surface area contributed by atoms with Crippen LogP contribution in [-0.2, 0) is 4.74 Å². The summed E-state index contributed by atoms with van der Waals surface area (Å²) in [4.78, 5) is 20.5. The Bertz CT molecular complexity index is 1420. The van der Waals surface area contributed by atoms with Crippen LogP contribution in [0.4, 0.5) is 5.69 Å². The lowest BCUT2D eigenvalue weighted by molar-refractivity contribution is -0.0659. The molecule has 1 saturated carbocycles. The molecule has 3 aliphatic rings. The molecule has 7 rings (SSSR count). The van der Waals surface area contributed by atoms with E-state index in [-0.39, 0.29) is 11.9 Å². The van der Waals surface area contributed by atoms with E-state index in [1.54, 1.807) is 0 Å². The van der Waals surface area contributed by atoms with E-state index in [0.29, 0.717) is 11.5 Å². The highest BCUT2D eigenvalue weighted by molar-refractivity contribution is 6.01. The Kier molecular flexibility index (Phi) is 6.08. The quantitative estimate of drug-likeness (QED) is 0.351. The first-order chi connectivity index (χ1) is 18.7. The molecule has 4 heterocycles. The van der Waals surface area contributed by atoms with Crippen molar-refractivity contribution in [3.05, 3.63) is 78.1 Å². The molecule has 0 unspecified atom stereocenters. The van der Waals surface area contributed by atoms with Crippen molar-refractivity contribution < 1.29 is 9.53 Å². The molecule has 2 N–H and O–H groups in total. The van der Waals surface area contributed by atoms with Gasteiger partial charge in [-0.1, -0.05) is 31.0 Å². The zero-order valence-electron chi connectivity index (χ0n) is 21.5. The number of aromatic amines is 1. The largest absolute Gasteiger partial charge is 0.381 e. The lowest BCUT2D eigenvalue weighted by Crippen LogP contribution is -2.54. The first-order valence-corrected chi connectivity index (χ1v) is 13.9. The molecule has 38 heavy (non-hydrogen) atoms. The van der Waals surface area contributed by atoms with Gasteiger partial charge in [-0.15, -0.1) is 0 Å². The summed E-state index contributed by atoms with van der Waals surface area (Å²) in [7, 11) is 0. The molecule has 2 aliphatic heterocycles. The van der Waals surface area contributed by atoms with E-state index in [4.69, 9.17) is 4.74 Å². The lowest BCUT2D eigenvalue weighted by atomic mass is 9.84. The number of carbonyl (C=O) groups excluding carboxylic acids is 1. The number of hydrogen-bond acceptors (Lipinski definition) is 5. The lowest BCUT2D eigenvalue weighted by Gasteiger charge is -2.47. The number of pyridine rings is 1. The Morgan fingerprint density at radius 2 is 1.82 bits per heavy atom. The highest BCUT2D eigenvalue weighted by Gasteiger charge is 2.37. The molecular formula is C31H33N5O2. The summed E-state index contributed by atoms with van der Waals surface area (Å²) in [5.41, 5.74) is 5.66. The van der Waals surface area contributed by atoms with Crippen molar-refractivity contribution in [1.82, 2.24) is 20.5 Å². The Morgan fingerprint density at radius 3 is 2.53 bits per heavy atom. The topological polar surface area (TPSA) is 83.1 Å². The van der Waals surface area contributed by atoms with Crippen molar-refractivity contribution in [2.45, 2.75) is 31.7 Å². The van der Waals surface area contributed by atoms with Gasteiger partial charge in [0.15, 0.2) is 0 Å². The molecule has 3 fully saturated rings. The number of amides is 1. The third-order valence-electron chi connectivity index (χ3n) is 8.74. The van der Waals surface area contributed by atoms with Gasteiger partial charge in [0.1, 0.15) is 0 Å². The van der Waals surface area contributed by atoms with Crippen LogP contribution in [0.25, 0.3) is 22.2 Å². The van der Waals surface area contributed by atoms with E-state index in [9.17, 15) is 4.79 Å². The van der Waals surface area contributed by atoms with Crippen molar-refractivity contribution in [3.8, 4) is 11.3 Å². The summed E-state index contributed by atoms with van der Waals surface area (Å²) in [6.07, 6.45) is 6.47. The zero-order valence-corrected chi connectivity index (χ0v) is 21.5. The monoisotopic (exact) mass is 507 g/mol. The van der Waals surface area contributed by atoms with Crippen molar-refractivity contribution in [2.75, 3.05) is 31.2 Å². The standard InChI is InChI=1S/C31H33N5O2/c37-31(33-30(20-5-1-2-6-20)28-7-3-4-14-32-28)22-10-13-27-26(15-22)29(35-34-27)21-8-11-25(12-9-21)36-16-23(17-36)24-18-38-19-24/h3-4,7-15,20,23-24,30H,1-2,5-6,16-19H2,(H,33,37)(H,34,35)/t30-/m0/s1. The van der Waals surface area contributed by atoms with Crippen LogP contribution in [-0.4, -0.2) is 47.4 Å². The Labute approximate surface area is 222 Å². The number of nitrogens with zero attached hydrogens (tertiary/aromatic N) is 3. The van der Waals surface area contributed by atoms with Crippen LogP contribution < -0.4 is 10.2 Å². The Morgan fingerprint density at radius 1 is 1.00 bits per heavy atom. The SMILES string of the molecule is O=C(N[C@H](c1ccccn1)C1CCCC1)c1ccc2[nH]nc(-c3ccc(N4CC(C5COC5)C4)cc3)c2c1. The predicted octanol–water partition coefficient (Wildman–Crippen LogP) is 5.37. The minimum absolute atomic E-state index is 0.0684. The molecule has 194 valence electrons. The van der Waals surface area contributed by atoms with Gasteiger partial charge in [-0.05, 0) is 61.2 Å². The molecule has 1 amide bonds. The van der Waals surface area contributed by atoms with Gasteiger partial charge in [-0.3, -0.25) is 14.9 Å². The van der Waals surface area contributed by atoms with Crippen LogP contribution in [0, 0.1) is 17.8 Å². The zero-order chi connectivity index (χ0) is 25.5. The Hall–Kier alpha value is -3.71. The number of anilines is 1. The van der Waals surface area contributed by atoms with Gasteiger partial charge < -0.3 is 15.0 Å². The molecule has 0 bridgehead atoms. The number of rotatable bonds is 7. The third-order valence-corrected chi connectivity index (χ3v) is 8.74. The minimum atomic E-state index is -0.0730. The maximum Gasteiger partial charge on any atom is 0.251 e. The second-order valence-electron chi connectivity index (χ2n) is 11.1. The van der Waals surface area contributed by atoms with Gasteiger partial charge in [0.2, 0.25) is 0 Å². The fourth-order valence-electron chi connectivity index (χ4n) is 6.26. The molecule has 1 atom stereocenters. The van der Waals surface area contributed by atoms with E-state index in [0.717, 1.165) is 78.8 Å². The van der Waals surface area contributed by atoms with Gasteiger partial charge in [0, 0.05) is 53.3 Å². The second kappa shape index (κ2) is 9.87. The summed E-state index contributed by atoms with van der Waals surface area (Å²) < 4.78 is 5.35. The van der Waals surface area contributed by atoms with Gasteiger partial charge in [0.05, 0.1) is 36.2 Å². The molecule has 1 aliphatic carbocycles. The van der Waals surface area contributed by atoms with Crippen molar-refractivity contribution in [3.63, 3.8) is 0 Å². The maximum atomic E-state index is 13.5. The summed E-state index contributed by atoms with van der Waals surface area (Å²) in [5, 5.41) is 12.0. The smallest absolute Gasteiger partial charge is 0.251 e. The average Bonchev–Trinajstić information content (AvgIpc) is 3.59. The van der Waals surface area contributed by atoms with Gasteiger partial charge >= 0.3 is 0 Å².